The zero-order chi connectivity index (χ0) is 11.8. The lowest BCUT2D eigenvalue weighted by Gasteiger charge is -2.06. The van der Waals surface area contributed by atoms with Crippen molar-refractivity contribution in [2.75, 3.05) is 11.5 Å². The lowest BCUT2D eigenvalue weighted by atomic mass is 10.3. The fraction of sp³-hybridized carbons (Fsp3) is 0.400. The minimum atomic E-state index is 0.647. The molecule has 0 spiro atoms. The molecule has 2 heteroatoms. The van der Waals surface area contributed by atoms with E-state index in [0.29, 0.717) is 5.25 Å². The number of unbranched alkanes of at least 4 members (excludes halogenated alkanes) is 2. The third kappa shape index (κ3) is 5.13. The van der Waals surface area contributed by atoms with E-state index in [2.05, 4.69) is 60.3 Å². The Balaban J connectivity index is 1.41. The van der Waals surface area contributed by atoms with Gasteiger partial charge in [0.1, 0.15) is 0 Å². The normalized spacial score (nSPS) is 14.8. The van der Waals surface area contributed by atoms with Crippen LogP contribution in [0.5, 0.6) is 0 Å². The van der Waals surface area contributed by atoms with Crippen molar-refractivity contribution in [3.63, 3.8) is 0 Å². The molecule has 2 rings (SSSR count). The Morgan fingerprint density at radius 2 is 1.88 bits per heavy atom. The predicted octanol–water partition coefficient (Wildman–Crippen LogP) is 4.90. The Morgan fingerprint density at radius 1 is 1.06 bits per heavy atom. The molecular formula is C15H19S2-. The Kier molecular flexibility index (Phi) is 5.94. The van der Waals surface area contributed by atoms with Crippen LogP contribution in [0.3, 0.4) is 0 Å². The van der Waals surface area contributed by atoms with Crippen LogP contribution in [0.25, 0.3) is 0 Å². The van der Waals surface area contributed by atoms with Gasteiger partial charge in [-0.1, -0.05) is 30.7 Å². The van der Waals surface area contributed by atoms with Gasteiger partial charge < -0.3 is 0 Å². The zero-order valence-electron chi connectivity index (χ0n) is 10.0. The summed E-state index contributed by atoms with van der Waals surface area (Å²) in [5.74, 6) is 2.55. The first-order valence-corrected chi connectivity index (χ1v) is 8.30. The van der Waals surface area contributed by atoms with Gasteiger partial charge in [-0.15, -0.1) is 4.90 Å². The Bertz CT molecular complexity index is 337. The van der Waals surface area contributed by atoms with Crippen LogP contribution >= 0.6 is 23.5 Å². The summed E-state index contributed by atoms with van der Waals surface area (Å²) in [4.78, 5) is 1.42. The number of thioether (sulfide) groups is 2. The molecule has 0 amide bonds. The van der Waals surface area contributed by atoms with Gasteiger partial charge in [0.25, 0.3) is 0 Å². The summed E-state index contributed by atoms with van der Waals surface area (Å²) in [6, 6.07) is 8.61. The van der Waals surface area contributed by atoms with E-state index in [1.165, 1.54) is 35.7 Å². The van der Waals surface area contributed by atoms with E-state index in [1.807, 2.05) is 11.8 Å². The topological polar surface area (TPSA) is 0 Å². The molecule has 0 fully saturated rings. The monoisotopic (exact) mass is 263 g/mol. The van der Waals surface area contributed by atoms with E-state index >= 15 is 0 Å². The van der Waals surface area contributed by atoms with Crippen LogP contribution in [-0.2, 0) is 0 Å². The molecule has 0 aliphatic heterocycles. The first-order valence-electron chi connectivity index (χ1n) is 6.26. The van der Waals surface area contributed by atoms with Gasteiger partial charge in [0, 0.05) is 5.25 Å². The van der Waals surface area contributed by atoms with Crippen molar-refractivity contribution in [3.8, 4) is 0 Å². The maximum Gasteiger partial charge on any atom is 0.0413 e. The summed E-state index contributed by atoms with van der Waals surface area (Å²) in [6.45, 7) is 0. The van der Waals surface area contributed by atoms with Crippen LogP contribution in [0, 0.1) is 0 Å². The summed E-state index contributed by atoms with van der Waals surface area (Å²) < 4.78 is 0. The highest BCUT2D eigenvalue weighted by Gasteiger charge is 2.02. The highest BCUT2D eigenvalue weighted by Crippen LogP contribution is 2.22. The van der Waals surface area contributed by atoms with Crippen LogP contribution in [-0.4, -0.2) is 16.8 Å². The molecule has 0 atom stereocenters. The van der Waals surface area contributed by atoms with E-state index < -0.39 is 0 Å². The van der Waals surface area contributed by atoms with Gasteiger partial charge in [-0.3, -0.25) is 0 Å². The van der Waals surface area contributed by atoms with Crippen molar-refractivity contribution in [2.45, 2.75) is 29.4 Å². The molecule has 0 nitrogen and oxygen atoms in total. The zero-order valence-corrected chi connectivity index (χ0v) is 11.7. The Labute approximate surface area is 113 Å². The van der Waals surface area contributed by atoms with Crippen molar-refractivity contribution in [2.24, 2.45) is 0 Å². The summed E-state index contributed by atoms with van der Waals surface area (Å²) >= 11 is 4.04. The number of hydrogen-bond donors (Lipinski definition) is 0. The quantitative estimate of drug-likeness (QED) is 0.372. The Morgan fingerprint density at radius 3 is 2.65 bits per heavy atom. The Hall–Kier alpha value is -0.470. The van der Waals surface area contributed by atoms with Gasteiger partial charge in [-0.2, -0.15) is 30.0 Å². The predicted molar refractivity (Wildman–Crippen MR) is 81.1 cm³/mol. The number of rotatable bonds is 8. The van der Waals surface area contributed by atoms with Crippen LogP contribution in [0.1, 0.15) is 19.3 Å². The fourth-order valence-corrected chi connectivity index (χ4v) is 3.75. The molecule has 1 aromatic carbocycles. The second kappa shape index (κ2) is 7.78. The van der Waals surface area contributed by atoms with Crippen molar-refractivity contribution in [1.29, 1.82) is 0 Å². The van der Waals surface area contributed by atoms with Crippen LogP contribution in [0.15, 0.2) is 53.5 Å². The van der Waals surface area contributed by atoms with Gasteiger partial charge in [-0.05, 0) is 24.3 Å². The van der Waals surface area contributed by atoms with Crippen LogP contribution < -0.4 is 0 Å². The van der Waals surface area contributed by atoms with Gasteiger partial charge in [-0.25, -0.2) is 17.8 Å². The molecule has 92 valence electrons. The summed E-state index contributed by atoms with van der Waals surface area (Å²) in [6.07, 6.45) is 12.9. The molecule has 0 heterocycles. The van der Waals surface area contributed by atoms with Crippen molar-refractivity contribution < 1.29 is 0 Å². The van der Waals surface area contributed by atoms with E-state index in [1.54, 1.807) is 0 Å². The molecule has 0 saturated heterocycles. The minimum absolute atomic E-state index is 0.647. The number of allylic oxidation sites excluding steroid dienone is 2. The van der Waals surface area contributed by atoms with Crippen LogP contribution in [0.2, 0.25) is 0 Å². The first-order chi connectivity index (χ1) is 8.45. The van der Waals surface area contributed by atoms with Crippen LogP contribution in [0.4, 0.5) is 0 Å². The maximum absolute atomic E-state index is 2.27. The van der Waals surface area contributed by atoms with E-state index in [4.69, 9.17) is 0 Å². The van der Waals surface area contributed by atoms with Gasteiger partial charge in [0.05, 0.1) is 0 Å². The third-order valence-electron chi connectivity index (χ3n) is 2.71. The highest BCUT2D eigenvalue weighted by atomic mass is 32.2. The molecule has 1 aromatic rings. The third-order valence-corrected chi connectivity index (χ3v) is 5.03. The van der Waals surface area contributed by atoms with Crippen molar-refractivity contribution in [3.05, 3.63) is 48.6 Å². The largest absolute Gasteiger partial charge is 0.207 e. The molecule has 1 aliphatic carbocycles. The second-order valence-corrected chi connectivity index (χ2v) is 6.59. The summed E-state index contributed by atoms with van der Waals surface area (Å²) in [5.41, 5.74) is 0. The van der Waals surface area contributed by atoms with Gasteiger partial charge in [0.2, 0.25) is 0 Å². The van der Waals surface area contributed by atoms with E-state index in [0.717, 1.165) is 0 Å². The molecule has 0 N–H and O–H groups in total. The fourth-order valence-electron chi connectivity index (χ4n) is 1.77. The number of hydrogen-bond acceptors (Lipinski definition) is 2. The van der Waals surface area contributed by atoms with Crippen molar-refractivity contribution in [1.82, 2.24) is 0 Å². The molecule has 0 unspecified atom stereocenters. The van der Waals surface area contributed by atoms with E-state index in [-0.39, 0.29) is 0 Å². The summed E-state index contributed by atoms with van der Waals surface area (Å²) in [7, 11) is 0. The molecule has 17 heavy (non-hydrogen) atoms. The SMILES string of the molecule is C1=CC(SCCCCCSc2cc[cH-]c2)C=C1. The molecule has 0 radical (unpaired) electrons. The standard InChI is InChI=1S/C15H19S2/c1(6-12-16-14-8-2-3-9-14)7-13-17-15-10-4-5-11-15/h2-5,8-11,14H,1,6-7,12-13H2/q-1. The van der Waals surface area contributed by atoms with E-state index in [9.17, 15) is 0 Å². The molecule has 0 aromatic heterocycles. The lowest BCUT2D eigenvalue weighted by Crippen LogP contribution is -1.92. The molecular weight excluding hydrogens is 244 g/mol. The van der Waals surface area contributed by atoms with Crippen molar-refractivity contribution >= 4 is 23.5 Å². The van der Waals surface area contributed by atoms with Gasteiger partial charge in [0.15, 0.2) is 0 Å². The minimum Gasteiger partial charge on any atom is -0.207 e. The average Bonchev–Trinajstić information content (AvgIpc) is 3.00. The highest BCUT2D eigenvalue weighted by molar-refractivity contribution is 8.00. The molecule has 1 aliphatic rings. The smallest absolute Gasteiger partial charge is 0.0413 e. The molecule has 0 saturated carbocycles. The lowest BCUT2D eigenvalue weighted by molar-refractivity contribution is 0.785. The second-order valence-electron chi connectivity index (χ2n) is 4.13. The first kappa shape index (κ1) is 13.0. The molecule has 0 bridgehead atoms. The average molecular weight is 263 g/mol. The summed E-state index contributed by atoms with van der Waals surface area (Å²) in [5, 5.41) is 0.647. The van der Waals surface area contributed by atoms with Gasteiger partial charge >= 0.3 is 0 Å². The maximum atomic E-state index is 2.27.